The van der Waals surface area contributed by atoms with Gasteiger partial charge in [-0.1, -0.05) is 18.0 Å². The van der Waals surface area contributed by atoms with E-state index in [4.69, 9.17) is 21.1 Å². The number of ether oxygens (including phenoxy) is 2. The lowest BCUT2D eigenvalue weighted by molar-refractivity contribution is -0.118. The fraction of sp³-hybridized carbons (Fsp3) is 0.500. The number of halogens is 1. The van der Waals surface area contributed by atoms with E-state index in [0.29, 0.717) is 22.2 Å². The third-order valence-corrected chi connectivity index (χ3v) is 3.65. The Balaban J connectivity index is 2.16. The molecular weight excluding hydrogens is 280 g/mol. The Morgan fingerprint density at radius 1 is 1.30 bits per heavy atom. The standard InChI is InChI=1S/C14H19ClN2O3/c1-19-12-8-11(13(20-2)7-9(12)15)17-14(18)10-5-3-4-6-16-10/h7-8,10,16H,3-6H2,1-2H3,(H,17,18)/t10-/m0/s1. The Hall–Kier alpha value is -1.46. The number of rotatable bonds is 4. The minimum Gasteiger partial charge on any atom is -0.495 e. The molecule has 2 rings (SSSR count). The van der Waals surface area contributed by atoms with Crippen LogP contribution >= 0.6 is 11.6 Å². The maximum Gasteiger partial charge on any atom is 0.241 e. The molecule has 1 amide bonds. The molecule has 1 aliphatic heterocycles. The van der Waals surface area contributed by atoms with Gasteiger partial charge in [0.1, 0.15) is 11.5 Å². The lowest BCUT2D eigenvalue weighted by atomic mass is 10.0. The van der Waals surface area contributed by atoms with E-state index in [1.807, 2.05) is 0 Å². The van der Waals surface area contributed by atoms with Gasteiger partial charge >= 0.3 is 0 Å². The molecule has 0 saturated carbocycles. The fourth-order valence-electron chi connectivity index (χ4n) is 2.25. The molecule has 2 N–H and O–H groups in total. The van der Waals surface area contributed by atoms with Crippen LogP contribution in [0.2, 0.25) is 5.02 Å². The van der Waals surface area contributed by atoms with Gasteiger partial charge in [-0.2, -0.15) is 0 Å². The van der Waals surface area contributed by atoms with Crippen molar-refractivity contribution in [2.75, 3.05) is 26.1 Å². The number of nitrogens with one attached hydrogen (secondary N) is 2. The Kier molecular flexibility index (Phi) is 5.09. The Morgan fingerprint density at radius 2 is 2.05 bits per heavy atom. The minimum atomic E-state index is -0.157. The highest BCUT2D eigenvalue weighted by Gasteiger charge is 2.22. The van der Waals surface area contributed by atoms with E-state index in [0.717, 1.165) is 25.8 Å². The number of piperidine rings is 1. The van der Waals surface area contributed by atoms with Gasteiger partial charge in [0.25, 0.3) is 0 Å². The Bertz CT molecular complexity index is 488. The molecule has 1 atom stereocenters. The van der Waals surface area contributed by atoms with E-state index >= 15 is 0 Å². The Morgan fingerprint density at radius 3 is 2.65 bits per heavy atom. The van der Waals surface area contributed by atoms with E-state index in [-0.39, 0.29) is 11.9 Å². The predicted molar refractivity (Wildman–Crippen MR) is 78.8 cm³/mol. The van der Waals surface area contributed by atoms with Crippen LogP contribution in [-0.2, 0) is 4.79 Å². The summed E-state index contributed by atoms with van der Waals surface area (Å²) in [5, 5.41) is 6.52. The quantitative estimate of drug-likeness (QED) is 0.896. The summed E-state index contributed by atoms with van der Waals surface area (Å²) in [6.45, 7) is 0.874. The van der Waals surface area contributed by atoms with Gasteiger partial charge in [-0.15, -0.1) is 0 Å². The van der Waals surface area contributed by atoms with Gasteiger partial charge in [0.2, 0.25) is 5.91 Å². The molecule has 0 aromatic heterocycles. The first-order chi connectivity index (χ1) is 9.65. The van der Waals surface area contributed by atoms with Crippen LogP contribution in [0.15, 0.2) is 12.1 Å². The average molecular weight is 299 g/mol. The number of benzene rings is 1. The highest BCUT2D eigenvalue weighted by Crippen LogP contribution is 2.36. The van der Waals surface area contributed by atoms with Crippen LogP contribution in [0.3, 0.4) is 0 Å². The molecule has 0 radical (unpaired) electrons. The molecule has 1 fully saturated rings. The highest BCUT2D eigenvalue weighted by molar-refractivity contribution is 6.32. The van der Waals surface area contributed by atoms with Crippen molar-refractivity contribution in [3.05, 3.63) is 17.2 Å². The van der Waals surface area contributed by atoms with Gasteiger partial charge in [-0.3, -0.25) is 4.79 Å². The van der Waals surface area contributed by atoms with Crippen LogP contribution in [0.4, 0.5) is 5.69 Å². The first-order valence-electron chi connectivity index (χ1n) is 6.61. The maximum atomic E-state index is 12.2. The summed E-state index contributed by atoms with van der Waals surface area (Å²) in [7, 11) is 3.06. The van der Waals surface area contributed by atoms with E-state index in [9.17, 15) is 4.79 Å². The molecule has 0 bridgehead atoms. The molecule has 5 nitrogen and oxygen atoms in total. The van der Waals surface area contributed by atoms with Gasteiger partial charge < -0.3 is 20.1 Å². The number of carbonyl (C=O) groups excluding carboxylic acids is 1. The molecule has 1 aliphatic rings. The van der Waals surface area contributed by atoms with E-state index in [2.05, 4.69) is 10.6 Å². The number of methoxy groups -OCH3 is 2. The molecule has 1 heterocycles. The number of hydrogen-bond acceptors (Lipinski definition) is 4. The van der Waals surface area contributed by atoms with Crippen LogP contribution in [0.1, 0.15) is 19.3 Å². The topological polar surface area (TPSA) is 59.6 Å². The zero-order valence-electron chi connectivity index (χ0n) is 11.7. The average Bonchev–Trinajstić information content (AvgIpc) is 2.49. The van der Waals surface area contributed by atoms with Gasteiger partial charge in [0, 0.05) is 12.1 Å². The van der Waals surface area contributed by atoms with Crippen molar-refractivity contribution in [3.8, 4) is 11.5 Å². The van der Waals surface area contributed by atoms with Crippen molar-refractivity contribution in [1.29, 1.82) is 0 Å². The molecular formula is C14H19ClN2O3. The van der Waals surface area contributed by atoms with Crippen molar-refractivity contribution in [2.24, 2.45) is 0 Å². The minimum absolute atomic E-state index is 0.0626. The van der Waals surface area contributed by atoms with Crippen molar-refractivity contribution in [2.45, 2.75) is 25.3 Å². The second kappa shape index (κ2) is 6.81. The zero-order chi connectivity index (χ0) is 14.5. The molecule has 6 heteroatoms. The first kappa shape index (κ1) is 14.9. The normalized spacial score (nSPS) is 18.4. The van der Waals surface area contributed by atoms with E-state index < -0.39 is 0 Å². The molecule has 0 aliphatic carbocycles. The second-order valence-electron chi connectivity index (χ2n) is 4.68. The van der Waals surface area contributed by atoms with Crippen LogP contribution < -0.4 is 20.1 Å². The molecule has 0 spiro atoms. The van der Waals surface area contributed by atoms with Crippen molar-refractivity contribution in [1.82, 2.24) is 5.32 Å². The Labute approximate surface area is 123 Å². The van der Waals surface area contributed by atoms with Crippen molar-refractivity contribution < 1.29 is 14.3 Å². The van der Waals surface area contributed by atoms with Crippen LogP contribution in [0.25, 0.3) is 0 Å². The fourth-order valence-corrected chi connectivity index (χ4v) is 2.48. The third-order valence-electron chi connectivity index (χ3n) is 3.36. The van der Waals surface area contributed by atoms with Crippen LogP contribution in [-0.4, -0.2) is 32.7 Å². The highest BCUT2D eigenvalue weighted by atomic mass is 35.5. The lowest BCUT2D eigenvalue weighted by Crippen LogP contribution is -2.43. The summed E-state index contributed by atoms with van der Waals surface area (Å²) in [5.41, 5.74) is 0.561. The third kappa shape index (κ3) is 3.35. The monoisotopic (exact) mass is 298 g/mol. The first-order valence-corrected chi connectivity index (χ1v) is 6.99. The van der Waals surface area contributed by atoms with Crippen LogP contribution in [0.5, 0.6) is 11.5 Å². The van der Waals surface area contributed by atoms with Crippen molar-refractivity contribution in [3.63, 3.8) is 0 Å². The summed E-state index contributed by atoms with van der Waals surface area (Å²) >= 11 is 6.04. The molecule has 0 unspecified atom stereocenters. The van der Waals surface area contributed by atoms with Gasteiger partial charge in [-0.05, 0) is 19.4 Å². The van der Waals surface area contributed by atoms with Crippen LogP contribution in [0, 0.1) is 0 Å². The summed E-state index contributed by atoms with van der Waals surface area (Å²) in [6, 6.07) is 3.14. The molecule has 1 saturated heterocycles. The van der Waals surface area contributed by atoms with E-state index in [1.54, 1.807) is 12.1 Å². The SMILES string of the molecule is COc1cc(NC(=O)[C@@H]2CCCCN2)c(OC)cc1Cl. The number of hydrogen-bond donors (Lipinski definition) is 2. The smallest absolute Gasteiger partial charge is 0.241 e. The number of amides is 1. The molecule has 1 aromatic rings. The maximum absolute atomic E-state index is 12.2. The summed E-state index contributed by atoms with van der Waals surface area (Å²) in [5.74, 6) is 0.951. The predicted octanol–water partition coefficient (Wildman–Crippen LogP) is 2.44. The lowest BCUT2D eigenvalue weighted by Gasteiger charge is -2.23. The largest absolute Gasteiger partial charge is 0.495 e. The molecule has 20 heavy (non-hydrogen) atoms. The van der Waals surface area contributed by atoms with Gasteiger partial charge in [0.15, 0.2) is 0 Å². The zero-order valence-corrected chi connectivity index (χ0v) is 12.4. The molecule has 1 aromatic carbocycles. The second-order valence-corrected chi connectivity index (χ2v) is 5.09. The molecule has 110 valence electrons. The van der Waals surface area contributed by atoms with Gasteiger partial charge in [0.05, 0.1) is 31.0 Å². The summed E-state index contributed by atoms with van der Waals surface area (Å²) in [6.07, 6.45) is 3.02. The number of anilines is 1. The van der Waals surface area contributed by atoms with Crippen molar-refractivity contribution >= 4 is 23.2 Å². The van der Waals surface area contributed by atoms with Gasteiger partial charge in [-0.25, -0.2) is 0 Å². The van der Waals surface area contributed by atoms with E-state index in [1.165, 1.54) is 14.2 Å². The summed E-state index contributed by atoms with van der Waals surface area (Å²) in [4.78, 5) is 12.2. The number of carbonyl (C=O) groups is 1. The summed E-state index contributed by atoms with van der Waals surface area (Å²) < 4.78 is 10.4.